The first kappa shape index (κ1) is 34.1. The lowest BCUT2D eigenvalue weighted by molar-refractivity contribution is -0.166. The van der Waals surface area contributed by atoms with E-state index in [9.17, 15) is 14.9 Å². The molecule has 1 aromatic heterocycles. The summed E-state index contributed by atoms with van der Waals surface area (Å²) in [4.78, 5) is 30.5. The van der Waals surface area contributed by atoms with Crippen LogP contribution in [0.4, 0.5) is 0 Å². The number of para-hydroxylation sites is 1. The van der Waals surface area contributed by atoms with Crippen molar-refractivity contribution in [2.75, 3.05) is 13.7 Å². The molecule has 2 heterocycles. The number of nitriles is 1. The summed E-state index contributed by atoms with van der Waals surface area (Å²) in [7, 11) is -0.605. The number of benzene rings is 3. The molecule has 3 aromatic carbocycles. The Morgan fingerprint density at radius 3 is 2.28 bits per heavy atom. The highest BCUT2D eigenvalue weighted by atomic mass is 28.4. The second kappa shape index (κ2) is 14.3. The number of carbonyl (C=O) groups excluding carboxylic acids is 2. The highest BCUT2D eigenvalue weighted by molar-refractivity contribution is 6.74. The molecule has 5 rings (SSSR count). The van der Waals surface area contributed by atoms with Crippen molar-refractivity contribution < 1.29 is 23.5 Å². The first-order valence-electron chi connectivity index (χ1n) is 16.1. The molecule has 1 amide bonds. The second-order valence-corrected chi connectivity index (χ2v) is 18.6. The number of hydrogen-bond donors (Lipinski definition) is 0. The van der Waals surface area contributed by atoms with Gasteiger partial charge in [-0.05, 0) is 41.7 Å². The first-order valence-corrected chi connectivity index (χ1v) is 19.1. The van der Waals surface area contributed by atoms with E-state index in [4.69, 9.17) is 13.9 Å². The smallest absolute Gasteiger partial charge is 0.320 e. The zero-order chi connectivity index (χ0) is 33.8. The molecule has 8 nitrogen and oxygen atoms in total. The minimum Gasteiger partial charge on any atom is -0.460 e. The maximum Gasteiger partial charge on any atom is 0.320 e. The third-order valence-corrected chi connectivity index (χ3v) is 14.3. The zero-order valence-electron chi connectivity index (χ0n) is 28.2. The van der Waals surface area contributed by atoms with Gasteiger partial charge in [0.15, 0.2) is 14.2 Å². The van der Waals surface area contributed by atoms with Gasteiger partial charge >= 0.3 is 5.97 Å². The third-order valence-electron chi connectivity index (χ3n) is 9.75. The van der Waals surface area contributed by atoms with Gasteiger partial charge in [-0.2, -0.15) is 5.26 Å². The van der Waals surface area contributed by atoms with Gasteiger partial charge in [0.25, 0.3) is 0 Å². The van der Waals surface area contributed by atoms with Crippen molar-refractivity contribution in [2.45, 2.75) is 70.7 Å². The number of fused-ring (bicyclic) bond motifs is 1. The van der Waals surface area contributed by atoms with E-state index in [1.807, 2.05) is 101 Å². The topological polar surface area (TPSA) is 93.8 Å². The van der Waals surface area contributed by atoms with Crippen LogP contribution in [0.5, 0.6) is 0 Å². The number of piperidine rings is 1. The van der Waals surface area contributed by atoms with Crippen LogP contribution in [0.25, 0.3) is 10.9 Å². The molecular weight excluding hydrogens is 607 g/mol. The van der Waals surface area contributed by atoms with E-state index in [2.05, 4.69) is 39.9 Å². The Morgan fingerprint density at radius 1 is 1.00 bits per heavy atom. The van der Waals surface area contributed by atoms with Gasteiger partial charge in [-0.15, -0.1) is 0 Å². The Bertz CT molecular complexity index is 1730. The van der Waals surface area contributed by atoms with Crippen molar-refractivity contribution in [3.63, 3.8) is 0 Å². The van der Waals surface area contributed by atoms with Crippen molar-refractivity contribution in [2.24, 2.45) is 11.8 Å². The minimum absolute atomic E-state index is 0.0200. The van der Waals surface area contributed by atoms with Crippen molar-refractivity contribution >= 4 is 31.1 Å². The summed E-state index contributed by atoms with van der Waals surface area (Å²) in [5.41, 5.74) is 3.57. The summed E-state index contributed by atoms with van der Waals surface area (Å²) in [5, 5.41) is 11.4. The zero-order valence-corrected chi connectivity index (χ0v) is 29.2. The van der Waals surface area contributed by atoms with Crippen LogP contribution >= 0.6 is 0 Å². The first-order chi connectivity index (χ1) is 22.5. The van der Waals surface area contributed by atoms with Crippen LogP contribution in [0, 0.1) is 23.2 Å². The van der Waals surface area contributed by atoms with E-state index in [0.717, 1.165) is 27.6 Å². The molecule has 1 aliphatic rings. The summed E-state index contributed by atoms with van der Waals surface area (Å²) in [6.07, 6.45) is 2.27. The average Bonchev–Trinajstić information content (AvgIpc) is 3.42. The van der Waals surface area contributed by atoms with E-state index in [-0.39, 0.29) is 24.7 Å². The van der Waals surface area contributed by atoms with Crippen LogP contribution in [0.15, 0.2) is 91.1 Å². The molecule has 0 N–H and O–H groups in total. The molecule has 0 spiro atoms. The van der Waals surface area contributed by atoms with E-state index in [1.54, 1.807) is 7.11 Å². The summed E-state index contributed by atoms with van der Waals surface area (Å²) >= 11 is 0. The molecule has 0 saturated carbocycles. The molecule has 47 heavy (non-hydrogen) atoms. The molecule has 9 heteroatoms. The van der Waals surface area contributed by atoms with Crippen LogP contribution in [-0.2, 0) is 36.8 Å². The van der Waals surface area contributed by atoms with Crippen molar-refractivity contribution in [3.8, 4) is 6.07 Å². The molecule has 4 aromatic rings. The lowest BCUT2D eigenvalue weighted by atomic mass is 9.78. The van der Waals surface area contributed by atoms with Gasteiger partial charge in [0.05, 0.1) is 36.2 Å². The number of amides is 1. The van der Waals surface area contributed by atoms with Gasteiger partial charge < -0.3 is 23.4 Å². The summed E-state index contributed by atoms with van der Waals surface area (Å²) in [6.45, 7) is 11.5. The van der Waals surface area contributed by atoms with Crippen molar-refractivity contribution in [3.05, 3.63) is 108 Å². The molecule has 0 bridgehead atoms. The molecule has 4 atom stereocenters. The van der Waals surface area contributed by atoms with Crippen LogP contribution < -0.4 is 0 Å². The van der Waals surface area contributed by atoms with E-state index >= 15 is 0 Å². The average molecular weight is 652 g/mol. The second-order valence-electron chi connectivity index (χ2n) is 13.8. The number of esters is 1. The number of nitrogens with zero attached hydrogens (tertiary/aromatic N) is 3. The third kappa shape index (κ3) is 7.20. The van der Waals surface area contributed by atoms with E-state index < -0.39 is 44.1 Å². The standard InChI is InChI=1S/C38H45N3O5Si/c1-38(2,3)47(5,6)46-25-34(28-17-11-8-12-18-28)41-33(31-23-40(26-44-4)32-20-14-13-19-30(31)32)21-29(22-39)35(36(41)42)37(43)45-24-27-15-9-7-10-16-27/h7-20,23,29,33-35H,21,24-26H2,1-6H3/t29-,33+,34+,35-/m1/s1. The van der Waals surface area contributed by atoms with Crippen molar-refractivity contribution in [1.29, 1.82) is 5.26 Å². The maximum absolute atomic E-state index is 14.9. The van der Waals surface area contributed by atoms with Crippen LogP contribution in [-0.4, -0.2) is 43.4 Å². The Kier molecular flexibility index (Phi) is 10.4. The Hall–Kier alpha value is -4.23. The Labute approximate surface area is 279 Å². The molecule has 0 radical (unpaired) electrons. The monoisotopic (exact) mass is 651 g/mol. The molecule has 0 unspecified atom stereocenters. The van der Waals surface area contributed by atoms with E-state index in [1.165, 1.54) is 0 Å². The molecule has 0 aliphatic carbocycles. The van der Waals surface area contributed by atoms with Crippen LogP contribution in [0.1, 0.15) is 56.0 Å². The van der Waals surface area contributed by atoms with Gasteiger partial charge in [0, 0.05) is 24.3 Å². The number of methoxy groups -OCH3 is 1. The molecule has 1 saturated heterocycles. The number of hydrogen-bond acceptors (Lipinski definition) is 6. The Morgan fingerprint density at radius 2 is 1.64 bits per heavy atom. The SMILES string of the molecule is COCn1cc([C@@H]2C[C@H](C#N)[C@@H](C(=O)OCc3ccccc3)C(=O)N2[C@@H](CO[Si](C)(C)C(C)(C)C)c2ccccc2)c2ccccc21. The highest BCUT2D eigenvalue weighted by Crippen LogP contribution is 2.46. The lowest BCUT2D eigenvalue weighted by Crippen LogP contribution is -2.53. The fourth-order valence-electron chi connectivity index (χ4n) is 6.14. The predicted molar refractivity (Wildman–Crippen MR) is 184 cm³/mol. The molecule has 246 valence electrons. The maximum atomic E-state index is 14.9. The summed E-state index contributed by atoms with van der Waals surface area (Å²) in [6, 6.07) is 28.5. The van der Waals surface area contributed by atoms with Crippen LogP contribution in [0.3, 0.4) is 0 Å². The van der Waals surface area contributed by atoms with Gasteiger partial charge in [-0.1, -0.05) is 99.6 Å². The summed E-state index contributed by atoms with van der Waals surface area (Å²) in [5.74, 6) is -3.27. The molecule has 1 aliphatic heterocycles. The number of likely N-dealkylation sites (tertiary alicyclic amines) is 1. The highest BCUT2D eigenvalue weighted by Gasteiger charge is 2.51. The fraction of sp³-hybridized carbons (Fsp3) is 0.395. The van der Waals surface area contributed by atoms with Gasteiger partial charge in [-0.3, -0.25) is 9.59 Å². The molecule has 1 fully saturated rings. The minimum atomic E-state index is -2.25. The predicted octanol–water partition coefficient (Wildman–Crippen LogP) is 7.78. The van der Waals surface area contributed by atoms with Gasteiger partial charge in [-0.25, -0.2) is 0 Å². The number of carbonyl (C=O) groups is 2. The number of aromatic nitrogens is 1. The van der Waals surface area contributed by atoms with E-state index in [0.29, 0.717) is 6.73 Å². The summed E-state index contributed by atoms with van der Waals surface area (Å²) < 4.78 is 20.1. The lowest BCUT2D eigenvalue weighted by Gasteiger charge is -2.46. The quantitative estimate of drug-likeness (QED) is 0.0934. The largest absolute Gasteiger partial charge is 0.460 e. The molecular formula is C38H45N3O5Si. The number of ether oxygens (including phenoxy) is 2. The normalized spacial score (nSPS) is 19.4. The van der Waals surface area contributed by atoms with Crippen LogP contribution in [0.2, 0.25) is 18.1 Å². The Balaban J connectivity index is 1.62. The van der Waals surface area contributed by atoms with Crippen molar-refractivity contribution in [1.82, 2.24) is 9.47 Å². The number of rotatable bonds is 11. The van der Waals surface area contributed by atoms with Gasteiger partial charge in [0.2, 0.25) is 5.91 Å². The van der Waals surface area contributed by atoms with Gasteiger partial charge in [0.1, 0.15) is 13.3 Å². The fourth-order valence-corrected chi connectivity index (χ4v) is 7.15.